The zero-order valence-corrected chi connectivity index (χ0v) is 13.0. The van der Waals surface area contributed by atoms with Gasteiger partial charge in [-0.1, -0.05) is 34.1 Å². The maximum atomic E-state index is 10.7. The van der Waals surface area contributed by atoms with Crippen LogP contribution >= 0.6 is 0 Å². The molecule has 1 aliphatic heterocycles. The standard InChI is InChI=1S/C16H33NO/c1-5-12-17-13-7-10-16(18,11-14-17)9-6-8-15(2,3)4/h18H,5-14H2,1-4H3. The SMILES string of the molecule is CCCN1CCCC(O)(CCCC(C)(C)C)CC1. The summed E-state index contributed by atoms with van der Waals surface area (Å²) in [6, 6.07) is 0. The molecule has 1 rings (SSSR count). The van der Waals surface area contributed by atoms with Crippen molar-refractivity contribution in [1.29, 1.82) is 0 Å². The second kappa shape index (κ2) is 6.91. The summed E-state index contributed by atoms with van der Waals surface area (Å²) in [7, 11) is 0. The summed E-state index contributed by atoms with van der Waals surface area (Å²) in [5.74, 6) is 0. The normalized spacial score (nSPS) is 27.2. The summed E-state index contributed by atoms with van der Waals surface area (Å²) >= 11 is 0. The second-order valence-electron chi connectivity index (χ2n) is 7.33. The average Bonchev–Trinajstić information content (AvgIpc) is 2.40. The van der Waals surface area contributed by atoms with Crippen molar-refractivity contribution in [2.45, 2.75) is 78.2 Å². The molecule has 1 N–H and O–H groups in total. The first-order chi connectivity index (χ1) is 8.35. The van der Waals surface area contributed by atoms with Gasteiger partial charge in [-0.2, -0.15) is 0 Å². The Kier molecular flexibility index (Phi) is 6.13. The molecule has 0 aromatic heterocycles. The minimum absolute atomic E-state index is 0.381. The van der Waals surface area contributed by atoms with E-state index in [1.54, 1.807) is 0 Å². The lowest BCUT2D eigenvalue weighted by atomic mass is 9.84. The number of rotatable bonds is 5. The van der Waals surface area contributed by atoms with Gasteiger partial charge in [0.1, 0.15) is 0 Å². The van der Waals surface area contributed by atoms with E-state index < -0.39 is 0 Å². The summed E-state index contributed by atoms with van der Waals surface area (Å²) in [4.78, 5) is 2.52. The summed E-state index contributed by atoms with van der Waals surface area (Å²) in [6.07, 6.45) is 7.72. The van der Waals surface area contributed by atoms with Crippen LogP contribution in [-0.4, -0.2) is 35.2 Å². The highest BCUT2D eigenvalue weighted by atomic mass is 16.3. The zero-order valence-electron chi connectivity index (χ0n) is 13.0. The van der Waals surface area contributed by atoms with Gasteiger partial charge in [0.05, 0.1) is 5.60 Å². The van der Waals surface area contributed by atoms with Crippen LogP contribution in [0.3, 0.4) is 0 Å². The van der Waals surface area contributed by atoms with Crippen molar-refractivity contribution in [3.05, 3.63) is 0 Å². The second-order valence-corrected chi connectivity index (χ2v) is 7.33. The summed E-state index contributed by atoms with van der Waals surface area (Å²) in [5.41, 5.74) is 0.0169. The molecule has 0 aromatic carbocycles. The minimum Gasteiger partial charge on any atom is -0.390 e. The average molecular weight is 255 g/mol. The fourth-order valence-electron chi connectivity index (χ4n) is 2.97. The highest BCUT2D eigenvalue weighted by Crippen LogP contribution is 2.30. The van der Waals surface area contributed by atoms with Crippen molar-refractivity contribution < 1.29 is 5.11 Å². The first kappa shape index (κ1) is 16.0. The van der Waals surface area contributed by atoms with E-state index in [2.05, 4.69) is 32.6 Å². The molecule has 1 saturated heterocycles. The molecule has 1 aliphatic rings. The molecule has 2 nitrogen and oxygen atoms in total. The number of hydrogen-bond acceptors (Lipinski definition) is 2. The monoisotopic (exact) mass is 255 g/mol. The third-order valence-electron chi connectivity index (χ3n) is 4.12. The Hall–Kier alpha value is -0.0800. The van der Waals surface area contributed by atoms with Crippen molar-refractivity contribution in [3.63, 3.8) is 0 Å². The zero-order chi connectivity index (χ0) is 13.6. The molecule has 0 bridgehead atoms. The molecule has 0 aromatic rings. The van der Waals surface area contributed by atoms with Crippen molar-refractivity contribution >= 4 is 0 Å². The van der Waals surface area contributed by atoms with E-state index in [0.29, 0.717) is 5.41 Å². The molecule has 0 amide bonds. The van der Waals surface area contributed by atoms with E-state index in [1.807, 2.05) is 0 Å². The molecule has 2 heteroatoms. The van der Waals surface area contributed by atoms with Gasteiger partial charge in [-0.05, 0) is 57.0 Å². The van der Waals surface area contributed by atoms with Crippen LogP contribution in [0.5, 0.6) is 0 Å². The van der Waals surface area contributed by atoms with Gasteiger partial charge in [-0.25, -0.2) is 0 Å². The predicted molar refractivity (Wildman–Crippen MR) is 78.8 cm³/mol. The molecule has 1 heterocycles. The summed E-state index contributed by atoms with van der Waals surface area (Å²) in [5, 5.41) is 10.7. The highest BCUT2D eigenvalue weighted by Gasteiger charge is 2.29. The Morgan fingerprint density at radius 1 is 1.17 bits per heavy atom. The van der Waals surface area contributed by atoms with Crippen LogP contribution in [0, 0.1) is 5.41 Å². The van der Waals surface area contributed by atoms with Crippen LogP contribution in [0.2, 0.25) is 0 Å². The Labute approximate surface area is 114 Å². The largest absolute Gasteiger partial charge is 0.390 e. The van der Waals surface area contributed by atoms with Gasteiger partial charge < -0.3 is 10.0 Å². The van der Waals surface area contributed by atoms with Gasteiger partial charge in [0.2, 0.25) is 0 Å². The first-order valence-corrected chi connectivity index (χ1v) is 7.79. The molecule has 108 valence electrons. The topological polar surface area (TPSA) is 23.5 Å². The number of hydrogen-bond donors (Lipinski definition) is 1. The van der Waals surface area contributed by atoms with Gasteiger partial charge in [0, 0.05) is 6.54 Å². The van der Waals surface area contributed by atoms with Crippen LogP contribution in [0.1, 0.15) is 72.6 Å². The molecule has 1 unspecified atom stereocenters. The van der Waals surface area contributed by atoms with Crippen LogP contribution < -0.4 is 0 Å². The maximum absolute atomic E-state index is 10.7. The molecular weight excluding hydrogens is 222 g/mol. The lowest BCUT2D eigenvalue weighted by Gasteiger charge is -2.28. The van der Waals surface area contributed by atoms with Crippen LogP contribution in [0.25, 0.3) is 0 Å². The van der Waals surface area contributed by atoms with Gasteiger partial charge in [-0.15, -0.1) is 0 Å². The van der Waals surface area contributed by atoms with E-state index >= 15 is 0 Å². The third-order valence-corrected chi connectivity index (χ3v) is 4.12. The van der Waals surface area contributed by atoms with Gasteiger partial charge in [0.15, 0.2) is 0 Å². The van der Waals surface area contributed by atoms with Crippen LogP contribution in [-0.2, 0) is 0 Å². The van der Waals surface area contributed by atoms with Crippen molar-refractivity contribution in [3.8, 4) is 0 Å². The molecule has 18 heavy (non-hydrogen) atoms. The minimum atomic E-state index is -0.381. The van der Waals surface area contributed by atoms with E-state index in [0.717, 1.165) is 38.6 Å². The number of nitrogens with zero attached hydrogens (tertiary/aromatic N) is 1. The van der Waals surface area contributed by atoms with Crippen molar-refractivity contribution in [2.24, 2.45) is 5.41 Å². The Morgan fingerprint density at radius 2 is 1.89 bits per heavy atom. The molecule has 0 aliphatic carbocycles. The van der Waals surface area contributed by atoms with Crippen LogP contribution in [0.15, 0.2) is 0 Å². The maximum Gasteiger partial charge on any atom is 0.0660 e. The quantitative estimate of drug-likeness (QED) is 0.807. The number of aliphatic hydroxyl groups is 1. The third kappa shape index (κ3) is 6.19. The molecule has 1 fully saturated rings. The Balaban J connectivity index is 2.34. The Bertz CT molecular complexity index is 234. The summed E-state index contributed by atoms with van der Waals surface area (Å²) in [6.45, 7) is 12.5. The van der Waals surface area contributed by atoms with E-state index in [9.17, 15) is 5.11 Å². The van der Waals surface area contributed by atoms with E-state index in [1.165, 1.54) is 25.9 Å². The van der Waals surface area contributed by atoms with E-state index in [4.69, 9.17) is 0 Å². The Morgan fingerprint density at radius 3 is 2.50 bits per heavy atom. The van der Waals surface area contributed by atoms with Crippen molar-refractivity contribution in [2.75, 3.05) is 19.6 Å². The lowest BCUT2D eigenvalue weighted by Crippen LogP contribution is -2.31. The number of likely N-dealkylation sites (tertiary alicyclic amines) is 1. The first-order valence-electron chi connectivity index (χ1n) is 7.79. The molecule has 0 spiro atoms. The smallest absolute Gasteiger partial charge is 0.0660 e. The van der Waals surface area contributed by atoms with Gasteiger partial charge in [-0.3, -0.25) is 0 Å². The van der Waals surface area contributed by atoms with E-state index in [-0.39, 0.29) is 5.60 Å². The van der Waals surface area contributed by atoms with Gasteiger partial charge in [0.25, 0.3) is 0 Å². The van der Waals surface area contributed by atoms with Crippen molar-refractivity contribution in [1.82, 2.24) is 4.90 Å². The fraction of sp³-hybridized carbons (Fsp3) is 1.00. The lowest BCUT2D eigenvalue weighted by molar-refractivity contribution is 0.0127. The molecule has 0 radical (unpaired) electrons. The molecule has 1 atom stereocenters. The summed E-state index contributed by atoms with van der Waals surface area (Å²) < 4.78 is 0. The van der Waals surface area contributed by atoms with Gasteiger partial charge >= 0.3 is 0 Å². The predicted octanol–water partition coefficient (Wildman–Crippen LogP) is 3.83. The molecule has 0 saturated carbocycles. The highest BCUT2D eigenvalue weighted by molar-refractivity contribution is 4.84. The molecular formula is C16H33NO. The fourth-order valence-corrected chi connectivity index (χ4v) is 2.97. The van der Waals surface area contributed by atoms with Crippen LogP contribution in [0.4, 0.5) is 0 Å².